The Bertz CT molecular complexity index is 1010. The van der Waals surface area contributed by atoms with Gasteiger partial charge in [-0.05, 0) is 28.8 Å². The fraction of sp³-hybridized carbons (Fsp3) is 0.222. The van der Waals surface area contributed by atoms with Crippen molar-refractivity contribution in [2.75, 3.05) is 37.6 Å². The van der Waals surface area contributed by atoms with Gasteiger partial charge >= 0.3 is 0 Å². The number of hydrogen-bond acceptors (Lipinski definition) is 4. The summed E-state index contributed by atoms with van der Waals surface area (Å²) in [7, 11) is 0. The molecule has 0 radical (unpaired) electrons. The minimum atomic E-state index is -0.538. The standard InChI is InChI=1S/C27H29N3O2/c31-27(28-32)26(23-11-5-2-6-12-23)24-13-15-25(16-14-24)30-20-18-29(19-21-30)17-7-10-22-8-3-1-4-9-22/h1-16,26,32H,17-21H2,(H,28,31). The fourth-order valence-electron chi connectivity index (χ4n) is 4.17. The number of carbonyl (C=O) groups excluding carboxylic acids is 1. The van der Waals surface area contributed by atoms with Gasteiger partial charge in [0.1, 0.15) is 0 Å². The van der Waals surface area contributed by atoms with Gasteiger partial charge < -0.3 is 4.90 Å². The molecule has 5 heteroatoms. The average Bonchev–Trinajstić information content (AvgIpc) is 2.86. The number of hydroxylamine groups is 1. The maximum Gasteiger partial charge on any atom is 0.255 e. The van der Waals surface area contributed by atoms with E-state index in [0.29, 0.717) is 0 Å². The number of amides is 1. The molecule has 2 N–H and O–H groups in total. The lowest BCUT2D eigenvalue weighted by Crippen LogP contribution is -2.46. The topological polar surface area (TPSA) is 55.8 Å². The first-order valence-electron chi connectivity index (χ1n) is 11.0. The van der Waals surface area contributed by atoms with Crippen LogP contribution >= 0.6 is 0 Å². The van der Waals surface area contributed by atoms with Crippen molar-refractivity contribution in [3.63, 3.8) is 0 Å². The molecule has 1 fully saturated rings. The van der Waals surface area contributed by atoms with Crippen molar-refractivity contribution in [2.45, 2.75) is 5.92 Å². The Morgan fingerprint density at radius 1 is 0.844 bits per heavy atom. The zero-order valence-corrected chi connectivity index (χ0v) is 18.1. The Hall–Kier alpha value is -3.41. The van der Waals surface area contributed by atoms with E-state index in [1.807, 2.05) is 54.0 Å². The molecule has 32 heavy (non-hydrogen) atoms. The first kappa shape index (κ1) is 21.8. The Balaban J connectivity index is 1.35. The molecule has 164 valence electrons. The zero-order valence-electron chi connectivity index (χ0n) is 18.1. The molecule has 5 nitrogen and oxygen atoms in total. The Morgan fingerprint density at radius 3 is 2.06 bits per heavy atom. The van der Waals surface area contributed by atoms with Crippen LogP contribution in [0, 0.1) is 0 Å². The molecule has 0 bridgehead atoms. The van der Waals surface area contributed by atoms with E-state index in [0.717, 1.165) is 49.5 Å². The minimum absolute atomic E-state index is 0.430. The van der Waals surface area contributed by atoms with Crippen molar-refractivity contribution in [3.8, 4) is 0 Å². The summed E-state index contributed by atoms with van der Waals surface area (Å²) in [6.45, 7) is 4.92. The predicted octanol–water partition coefficient (Wildman–Crippen LogP) is 4.16. The highest BCUT2D eigenvalue weighted by Crippen LogP contribution is 2.27. The highest BCUT2D eigenvalue weighted by atomic mass is 16.5. The number of piperazine rings is 1. The van der Waals surface area contributed by atoms with Crippen molar-refractivity contribution >= 4 is 17.7 Å². The Morgan fingerprint density at radius 2 is 1.44 bits per heavy atom. The molecule has 0 aromatic heterocycles. The van der Waals surface area contributed by atoms with Crippen LogP contribution in [-0.2, 0) is 4.79 Å². The molecule has 0 aliphatic carbocycles. The molecular formula is C27H29N3O2. The van der Waals surface area contributed by atoms with E-state index in [1.165, 1.54) is 5.56 Å². The minimum Gasteiger partial charge on any atom is -0.369 e. The second-order valence-electron chi connectivity index (χ2n) is 8.01. The second-order valence-corrected chi connectivity index (χ2v) is 8.01. The van der Waals surface area contributed by atoms with Gasteiger partial charge in [-0.15, -0.1) is 0 Å². The quantitative estimate of drug-likeness (QED) is 0.439. The third-order valence-corrected chi connectivity index (χ3v) is 5.94. The highest BCUT2D eigenvalue weighted by Gasteiger charge is 2.23. The summed E-state index contributed by atoms with van der Waals surface area (Å²) in [5, 5.41) is 9.22. The van der Waals surface area contributed by atoms with Gasteiger partial charge in [0.2, 0.25) is 0 Å². The molecule has 1 aliphatic heterocycles. The van der Waals surface area contributed by atoms with Gasteiger partial charge in [-0.25, -0.2) is 5.48 Å². The highest BCUT2D eigenvalue weighted by molar-refractivity contribution is 5.86. The van der Waals surface area contributed by atoms with Crippen LogP contribution in [-0.4, -0.2) is 48.7 Å². The lowest BCUT2D eigenvalue weighted by molar-refractivity contribution is -0.129. The van der Waals surface area contributed by atoms with E-state index in [-0.39, 0.29) is 0 Å². The third kappa shape index (κ3) is 5.44. The van der Waals surface area contributed by atoms with Crippen LogP contribution in [0.2, 0.25) is 0 Å². The smallest absolute Gasteiger partial charge is 0.255 e. The molecule has 1 heterocycles. The number of anilines is 1. The fourth-order valence-corrected chi connectivity index (χ4v) is 4.17. The number of hydrogen-bond donors (Lipinski definition) is 2. The molecule has 3 aromatic carbocycles. The van der Waals surface area contributed by atoms with Crippen LogP contribution in [0.15, 0.2) is 91.0 Å². The van der Waals surface area contributed by atoms with E-state index in [2.05, 4.69) is 58.4 Å². The molecule has 0 spiro atoms. The lowest BCUT2D eigenvalue weighted by Gasteiger charge is -2.35. The summed E-state index contributed by atoms with van der Waals surface area (Å²) < 4.78 is 0. The molecule has 1 atom stereocenters. The zero-order chi connectivity index (χ0) is 22.2. The van der Waals surface area contributed by atoms with Crippen LogP contribution in [0.4, 0.5) is 5.69 Å². The molecule has 0 saturated carbocycles. The number of nitrogens with one attached hydrogen (secondary N) is 1. The lowest BCUT2D eigenvalue weighted by atomic mass is 9.90. The van der Waals surface area contributed by atoms with Gasteiger partial charge in [0.05, 0.1) is 5.92 Å². The first-order valence-corrected chi connectivity index (χ1v) is 11.0. The van der Waals surface area contributed by atoms with Gasteiger partial charge in [-0.2, -0.15) is 0 Å². The van der Waals surface area contributed by atoms with E-state index in [4.69, 9.17) is 0 Å². The maximum absolute atomic E-state index is 12.3. The van der Waals surface area contributed by atoms with Gasteiger partial charge in [0, 0.05) is 38.4 Å². The SMILES string of the molecule is O=C(NO)C(c1ccccc1)c1ccc(N2CCN(CC=Cc3ccccc3)CC2)cc1. The van der Waals surface area contributed by atoms with Crippen molar-refractivity contribution in [2.24, 2.45) is 0 Å². The van der Waals surface area contributed by atoms with E-state index in [1.54, 1.807) is 0 Å². The van der Waals surface area contributed by atoms with Gasteiger partial charge in [0.15, 0.2) is 0 Å². The number of benzene rings is 3. The van der Waals surface area contributed by atoms with E-state index >= 15 is 0 Å². The first-order chi connectivity index (χ1) is 15.7. The van der Waals surface area contributed by atoms with Crippen LogP contribution < -0.4 is 10.4 Å². The molecule has 3 aromatic rings. The molecule has 4 rings (SSSR count). The van der Waals surface area contributed by atoms with E-state index in [9.17, 15) is 10.0 Å². The molecule has 1 saturated heterocycles. The maximum atomic E-state index is 12.3. The number of carbonyl (C=O) groups is 1. The van der Waals surface area contributed by atoms with E-state index < -0.39 is 11.8 Å². The summed E-state index contributed by atoms with van der Waals surface area (Å²) in [6.07, 6.45) is 4.41. The summed E-state index contributed by atoms with van der Waals surface area (Å²) >= 11 is 0. The summed E-state index contributed by atoms with van der Waals surface area (Å²) in [5.74, 6) is -0.968. The third-order valence-electron chi connectivity index (χ3n) is 5.94. The van der Waals surface area contributed by atoms with Crippen LogP contribution in [0.1, 0.15) is 22.6 Å². The predicted molar refractivity (Wildman–Crippen MR) is 129 cm³/mol. The van der Waals surface area contributed by atoms with Crippen molar-refractivity contribution in [1.29, 1.82) is 0 Å². The summed E-state index contributed by atoms with van der Waals surface area (Å²) in [6, 6.07) is 28.0. The largest absolute Gasteiger partial charge is 0.369 e. The van der Waals surface area contributed by atoms with Gasteiger partial charge in [0.25, 0.3) is 5.91 Å². The average molecular weight is 428 g/mol. The van der Waals surface area contributed by atoms with Crippen LogP contribution in [0.3, 0.4) is 0 Å². The second kappa shape index (κ2) is 10.8. The van der Waals surface area contributed by atoms with Crippen LogP contribution in [0.5, 0.6) is 0 Å². The number of rotatable bonds is 7. The Kier molecular flexibility index (Phi) is 7.33. The molecule has 1 aliphatic rings. The van der Waals surface area contributed by atoms with Crippen molar-refractivity contribution in [1.82, 2.24) is 10.4 Å². The van der Waals surface area contributed by atoms with Crippen molar-refractivity contribution < 1.29 is 10.0 Å². The Labute approximate surface area is 189 Å². The normalized spacial score (nSPS) is 15.6. The molecule has 1 amide bonds. The van der Waals surface area contributed by atoms with Crippen molar-refractivity contribution in [3.05, 3.63) is 108 Å². The summed E-state index contributed by atoms with van der Waals surface area (Å²) in [5.41, 5.74) is 5.91. The van der Waals surface area contributed by atoms with Gasteiger partial charge in [-0.3, -0.25) is 14.9 Å². The monoisotopic (exact) mass is 427 g/mol. The number of nitrogens with zero attached hydrogens (tertiary/aromatic N) is 2. The summed E-state index contributed by atoms with van der Waals surface area (Å²) in [4.78, 5) is 17.2. The molecule has 1 unspecified atom stereocenters. The van der Waals surface area contributed by atoms with Crippen LogP contribution in [0.25, 0.3) is 6.08 Å². The molecular weight excluding hydrogens is 398 g/mol. The van der Waals surface area contributed by atoms with Gasteiger partial charge in [-0.1, -0.05) is 84.9 Å².